The number of rotatable bonds is 4. The number of carbonyl (C=O) groups is 1. The smallest absolute Gasteiger partial charge is 0.434 e. The van der Waals surface area contributed by atoms with Crippen LogP contribution in [-0.2, 0) is 6.18 Å². The highest BCUT2D eigenvalue weighted by molar-refractivity contribution is 5.95. The largest absolute Gasteiger partial charge is 0.494 e. The van der Waals surface area contributed by atoms with Crippen molar-refractivity contribution in [1.29, 1.82) is 5.26 Å². The number of amides is 1. The third-order valence-electron chi connectivity index (χ3n) is 5.83. The van der Waals surface area contributed by atoms with Gasteiger partial charge in [-0.1, -0.05) is 0 Å². The molecule has 3 aromatic rings. The molecule has 1 aliphatic heterocycles. The van der Waals surface area contributed by atoms with Crippen LogP contribution in [0.15, 0.2) is 36.4 Å². The summed E-state index contributed by atoms with van der Waals surface area (Å²) in [4.78, 5) is 18.4. The van der Waals surface area contributed by atoms with Gasteiger partial charge in [-0.3, -0.25) is 9.36 Å². The molecule has 1 fully saturated rings. The molecule has 12 heteroatoms. The van der Waals surface area contributed by atoms with Gasteiger partial charge in [-0.2, -0.15) is 18.4 Å². The number of carbonyl (C=O) groups excluding carboxylic acids is 1. The number of nitrogens with zero attached hydrogens (tertiary/aromatic N) is 4. The minimum absolute atomic E-state index is 0.0426. The van der Waals surface area contributed by atoms with Gasteiger partial charge in [0, 0.05) is 30.8 Å². The van der Waals surface area contributed by atoms with Crippen molar-refractivity contribution in [2.75, 3.05) is 20.2 Å². The van der Waals surface area contributed by atoms with E-state index in [9.17, 15) is 26.7 Å². The monoisotopic (exact) mass is 505 g/mol. The van der Waals surface area contributed by atoms with E-state index < -0.39 is 47.0 Å². The van der Waals surface area contributed by atoms with Crippen LogP contribution in [-0.4, -0.2) is 46.6 Å². The van der Waals surface area contributed by atoms with Gasteiger partial charge in [0.05, 0.1) is 18.4 Å². The molecule has 1 saturated heterocycles. The van der Waals surface area contributed by atoms with Gasteiger partial charge in [0.15, 0.2) is 23.0 Å². The molecule has 2 heterocycles. The van der Waals surface area contributed by atoms with Crippen molar-refractivity contribution in [3.63, 3.8) is 0 Å². The van der Waals surface area contributed by atoms with E-state index in [1.54, 1.807) is 6.07 Å². The van der Waals surface area contributed by atoms with E-state index in [-0.39, 0.29) is 35.7 Å². The van der Waals surface area contributed by atoms with Gasteiger partial charge < -0.3 is 15.4 Å². The summed E-state index contributed by atoms with van der Waals surface area (Å²) in [5.41, 5.74) is 2.74. The van der Waals surface area contributed by atoms with Gasteiger partial charge >= 0.3 is 6.18 Å². The first-order valence-corrected chi connectivity index (χ1v) is 10.8. The van der Waals surface area contributed by atoms with Crippen molar-refractivity contribution in [3.05, 3.63) is 65.0 Å². The lowest BCUT2D eigenvalue weighted by molar-refractivity contribution is -0.142. The van der Waals surface area contributed by atoms with Gasteiger partial charge in [0.25, 0.3) is 5.91 Å². The molecular weight excluding hydrogens is 485 g/mol. The van der Waals surface area contributed by atoms with E-state index in [2.05, 4.69) is 4.98 Å². The molecule has 2 N–H and O–H groups in total. The van der Waals surface area contributed by atoms with Gasteiger partial charge in [-0.05, 0) is 43.2 Å². The highest BCUT2D eigenvalue weighted by atomic mass is 19.4. The molecule has 1 aromatic heterocycles. The summed E-state index contributed by atoms with van der Waals surface area (Å²) >= 11 is 0. The summed E-state index contributed by atoms with van der Waals surface area (Å²) in [7, 11) is 1.20. The number of ether oxygens (including phenoxy) is 1. The molecule has 1 aliphatic rings. The number of aromatic nitrogens is 2. The Bertz CT molecular complexity index is 1360. The highest BCUT2D eigenvalue weighted by Gasteiger charge is 2.44. The lowest BCUT2D eigenvalue weighted by atomic mass is 10.1. The Morgan fingerprint density at radius 2 is 1.94 bits per heavy atom. The van der Waals surface area contributed by atoms with E-state index in [4.69, 9.17) is 15.7 Å². The maximum Gasteiger partial charge on any atom is 0.434 e. The molecular formula is C24H20F5N5O2. The van der Waals surface area contributed by atoms with Crippen LogP contribution in [0.4, 0.5) is 22.0 Å². The van der Waals surface area contributed by atoms with Crippen molar-refractivity contribution < 1.29 is 31.5 Å². The third kappa shape index (κ3) is 4.61. The first-order chi connectivity index (χ1) is 17.0. The zero-order valence-electron chi connectivity index (χ0n) is 18.9. The molecule has 0 aliphatic carbocycles. The Kier molecular flexibility index (Phi) is 6.69. The molecule has 0 spiro atoms. The van der Waals surface area contributed by atoms with Crippen molar-refractivity contribution in [3.8, 4) is 28.9 Å². The van der Waals surface area contributed by atoms with Crippen molar-refractivity contribution in [1.82, 2.24) is 14.5 Å². The van der Waals surface area contributed by atoms with Crippen molar-refractivity contribution in [2.24, 2.45) is 5.73 Å². The molecule has 0 saturated carbocycles. The predicted octanol–water partition coefficient (Wildman–Crippen LogP) is 4.28. The number of nitriles is 1. The first-order valence-electron chi connectivity index (χ1n) is 10.8. The van der Waals surface area contributed by atoms with E-state index in [0.29, 0.717) is 17.4 Å². The van der Waals surface area contributed by atoms with Crippen LogP contribution in [0.25, 0.3) is 17.1 Å². The maximum absolute atomic E-state index is 14.5. The quantitative estimate of drug-likeness (QED) is 0.534. The first kappa shape index (κ1) is 25.1. The fourth-order valence-corrected chi connectivity index (χ4v) is 4.16. The maximum atomic E-state index is 14.5. The number of benzene rings is 2. The Morgan fingerprint density at radius 1 is 1.19 bits per heavy atom. The third-order valence-corrected chi connectivity index (χ3v) is 5.83. The van der Waals surface area contributed by atoms with Crippen LogP contribution in [0, 0.1) is 23.0 Å². The van der Waals surface area contributed by atoms with E-state index in [1.165, 1.54) is 18.1 Å². The summed E-state index contributed by atoms with van der Waals surface area (Å²) < 4.78 is 77.8. The number of alkyl halides is 3. The molecule has 0 radical (unpaired) electrons. The summed E-state index contributed by atoms with van der Waals surface area (Å²) in [5.74, 6) is -3.62. The second kappa shape index (κ2) is 9.58. The summed E-state index contributed by atoms with van der Waals surface area (Å²) in [5, 5.41) is 9.01. The lowest BCUT2D eigenvalue weighted by Crippen LogP contribution is -2.46. The number of piperidine rings is 1. The summed E-state index contributed by atoms with van der Waals surface area (Å²) in [6.45, 7) is 0.232. The normalized spacial score (nSPS) is 16.1. The van der Waals surface area contributed by atoms with Crippen molar-refractivity contribution >= 4 is 5.91 Å². The Morgan fingerprint density at radius 3 is 2.53 bits per heavy atom. The number of methoxy groups -OCH3 is 1. The van der Waals surface area contributed by atoms with Gasteiger partial charge in [0.2, 0.25) is 0 Å². The molecule has 0 unspecified atom stereocenters. The molecule has 7 nitrogen and oxygen atoms in total. The SMILES string of the molecule is COc1ccc(-n2c(-c3ccc(C#N)c(F)c3)nc(C(=O)N3CCC[C@H](N)C3)c2C(F)(F)F)cc1F. The minimum atomic E-state index is -5.10. The average Bonchev–Trinajstić information content (AvgIpc) is 3.25. The Balaban J connectivity index is 2.00. The second-order valence-electron chi connectivity index (χ2n) is 8.24. The number of hydrogen-bond acceptors (Lipinski definition) is 5. The minimum Gasteiger partial charge on any atom is -0.494 e. The van der Waals surface area contributed by atoms with E-state index in [0.717, 1.165) is 30.3 Å². The predicted molar refractivity (Wildman–Crippen MR) is 118 cm³/mol. The molecule has 1 amide bonds. The number of hydrogen-bond donors (Lipinski definition) is 1. The zero-order chi connectivity index (χ0) is 26.2. The fraction of sp³-hybridized carbons (Fsp3) is 0.292. The molecule has 188 valence electrons. The van der Waals surface area contributed by atoms with E-state index in [1.807, 2.05) is 0 Å². The molecule has 4 rings (SSSR count). The number of imidazole rings is 1. The Labute approximate surface area is 202 Å². The number of halogens is 5. The second-order valence-corrected chi connectivity index (χ2v) is 8.24. The number of nitrogens with two attached hydrogens (primary N) is 1. The van der Waals surface area contributed by atoms with Crippen LogP contribution in [0.1, 0.15) is 34.6 Å². The number of likely N-dealkylation sites (tertiary alicyclic amines) is 1. The van der Waals surface area contributed by atoms with Gasteiger partial charge in [-0.15, -0.1) is 0 Å². The molecule has 0 bridgehead atoms. The average molecular weight is 505 g/mol. The van der Waals surface area contributed by atoms with Crippen LogP contribution in [0.3, 0.4) is 0 Å². The zero-order valence-corrected chi connectivity index (χ0v) is 18.9. The lowest BCUT2D eigenvalue weighted by Gasteiger charge is -2.30. The Hall–Kier alpha value is -3.98. The summed E-state index contributed by atoms with van der Waals surface area (Å²) in [6, 6.07) is 7.42. The van der Waals surface area contributed by atoms with Crippen LogP contribution < -0.4 is 10.5 Å². The summed E-state index contributed by atoms with van der Waals surface area (Å²) in [6.07, 6.45) is -3.98. The fourth-order valence-electron chi connectivity index (χ4n) is 4.16. The molecule has 1 atom stereocenters. The van der Waals surface area contributed by atoms with Crippen LogP contribution in [0.5, 0.6) is 5.75 Å². The van der Waals surface area contributed by atoms with Crippen LogP contribution in [0.2, 0.25) is 0 Å². The highest BCUT2D eigenvalue weighted by Crippen LogP contribution is 2.39. The topological polar surface area (TPSA) is 97.2 Å². The molecule has 2 aromatic carbocycles. The van der Waals surface area contributed by atoms with Crippen LogP contribution >= 0.6 is 0 Å². The van der Waals surface area contributed by atoms with Gasteiger partial charge in [-0.25, -0.2) is 13.8 Å². The molecule has 36 heavy (non-hydrogen) atoms. The van der Waals surface area contributed by atoms with Gasteiger partial charge in [0.1, 0.15) is 17.7 Å². The standard InChI is InChI=1S/C24H20F5N5O2/c1-36-19-7-6-16(10-18(19)26)34-21(24(27,28)29)20(23(35)33-8-2-3-15(31)12-33)32-22(34)13-4-5-14(11-30)17(25)9-13/h4-7,9-10,15H,2-3,8,12,31H2,1H3/t15-/m0/s1. The van der Waals surface area contributed by atoms with Crippen molar-refractivity contribution in [2.45, 2.75) is 25.1 Å². The van der Waals surface area contributed by atoms with E-state index >= 15 is 0 Å².